The molecule has 3 aromatic rings. The minimum absolute atomic E-state index is 0.153. The quantitative estimate of drug-likeness (QED) is 0.528. The standard InChI is InChI=1S/C26H30N4O2S/c27-22-11-8-20(24-4-3-17-33-24)18-23(22)28-26(31)19-6-9-21(10-7-19)30-12-2-1-5-25(30)29-13-15-32-16-14-29/h3-4,6-11,17-18,25H,1-2,5,12-16,27H2,(H,28,31). The summed E-state index contributed by atoms with van der Waals surface area (Å²) in [6.45, 7) is 4.61. The van der Waals surface area contributed by atoms with Gasteiger partial charge >= 0.3 is 0 Å². The summed E-state index contributed by atoms with van der Waals surface area (Å²) >= 11 is 1.66. The average molecular weight is 463 g/mol. The maximum atomic E-state index is 13.0. The Labute approximate surface area is 199 Å². The third-order valence-electron chi connectivity index (χ3n) is 6.51. The Morgan fingerprint density at radius 2 is 1.85 bits per heavy atom. The first-order chi connectivity index (χ1) is 16.2. The van der Waals surface area contributed by atoms with E-state index in [0.717, 1.165) is 43.3 Å². The molecule has 2 fully saturated rings. The number of piperidine rings is 1. The number of nitrogens with one attached hydrogen (secondary N) is 1. The molecule has 1 amide bonds. The van der Waals surface area contributed by atoms with Crippen LogP contribution in [0.1, 0.15) is 29.6 Å². The van der Waals surface area contributed by atoms with E-state index in [-0.39, 0.29) is 5.91 Å². The Balaban J connectivity index is 1.30. The van der Waals surface area contributed by atoms with Crippen molar-refractivity contribution in [1.82, 2.24) is 4.90 Å². The van der Waals surface area contributed by atoms with E-state index in [0.29, 0.717) is 23.1 Å². The molecule has 0 radical (unpaired) electrons. The van der Waals surface area contributed by atoms with Gasteiger partial charge in [-0.25, -0.2) is 0 Å². The van der Waals surface area contributed by atoms with Crippen LogP contribution in [-0.2, 0) is 4.74 Å². The monoisotopic (exact) mass is 462 g/mol. The highest BCUT2D eigenvalue weighted by molar-refractivity contribution is 7.13. The van der Waals surface area contributed by atoms with E-state index < -0.39 is 0 Å². The van der Waals surface area contributed by atoms with Crippen LogP contribution in [0.15, 0.2) is 60.0 Å². The number of amides is 1. The molecular formula is C26H30N4O2S. The second-order valence-electron chi connectivity index (χ2n) is 8.60. The van der Waals surface area contributed by atoms with Crippen molar-refractivity contribution in [2.24, 2.45) is 0 Å². The Hall–Kier alpha value is -2.87. The normalized spacial score (nSPS) is 19.4. The van der Waals surface area contributed by atoms with Crippen LogP contribution in [0, 0.1) is 0 Å². The van der Waals surface area contributed by atoms with E-state index in [1.807, 2.05) is 41.8 Å². The molecule has 0 spiro atoms. The Morgan fingerprint density at radius 1 is 1.03 bits per heavy atom. The van der Waals surface area contributed by atoms with E-state index in [9.17, 15) is 4.79 Å². The van der Waals surface area contributed by atoms with Crippen molar-refractivity contribution in [2.75, 3.05) is 48.8 Å². The highest BCUT2D eigenvalue weighted by atomic mass is 32.1. The zero-order chi connectivity index (χ0) is 22.6. The van der Waals surface area contributed by atoms with Gasteiger partial charge in [-0.05, 0) is 72.7 Å². The highest BCUT2D eigenvalue weighted by Crippen LogP contribution is 2.31. The Morgan fingerprint density at radius 3 is 2.61 bits per heavy atom. The van der Waals surface area contributed by atoms with Gasteiger partial charge in [-0.15, -0.1) is 11.3 Å². The lowest BCUT2D eigenvalue weighted by Gasteiger charge is -2.45. The minimum atomic E-state index is -0.153. The molecule has 2 aromatic carbocycles. The predicted octanol–water partition coefficient (Wildman–Crippen LogP) is 4.90. The average Bonchev–Trinajstić information content (AvgIpc) is 3.41. The van der Waals surface area contributed by atoms with Crippen molar-refractivity contribution in [3.8, 4) is 10.4 Å². The van der Waals surface area contributed by atoms with Gasteiger partial charge in [0, 0.05) is 35.8 Å². The van der Waals surface area contributed by atoms with Crippen molar-refractivity contribution in [3.05, 3.63) is 65.5 Å². The zero-order valence-electron chi connectivity index (χ0n) is 18.7. The van der Waals surface area contributed by atoms with Crippen LogP contribution in [0.25, 0.3) is 10.4 Å². The molecule has 1 unspecified atom stereocenters. The summed E-state index contributed by atoms with van der Waals surface area (Å²) in [5, 5.41) is 5.03. The first kappa shape index (κ1) is 21.9. The smallest absolute Gasteiger partial charge is 0.255 e. The van der Waals surface area contributed by atoms with Crippen LogP contribution < -0.4 is 16.0 Å². The number of carbonyl (C=O) groups excluding carboxylic acids is 1. The summed E-state index contributed by atoms with van der Waals surface area (Å²) in [5.74, 6) is -0.153. The van der Waals surface area contributed by atoms with Gasteiger partial charge in [0.1, 0.15) is 0 Å². The maximum Gasteiger partial charge on any atom is 0.255 e. The van der Waals surface area contributed by atoms with Crippen LogP contribution in [0.5, 0.6) is 0 Å². The number of hydrogen-bond donors (Lipinski definition) is 2. The molecule has 1 atom stereocenters. The van der Waals surface area contributed by atoms with Gasteiger partial charge in [0.2, 0.25) is 0 Å². The maximum absolute atomic E-state index is 13.0. The number of nitrogens with zero attached hydrogens (tertiary/aromatic N) is 2. The number of hydrogen-bond acceptors (Lipinski definition) is 6. The van der Waals surface area contributed by atoms with Crippen molar-refractivity contribution >= 4 is 34.3 Å². The van der Waals surface area contributed by atoms with Gasteiger partial charge < -0.3 is 20.7 Å². The summed E-state index contributed by atoms with van der Waals surface area (Å²) in [4.78, 5) is 19.1. The number of anilines is 3. The highest BCUT2D eigenvalue weighted by Gasteiger charge is 2.29. The lowest BCUT2D eigenvalue weighted by atomic mass is 10.0. The van der Waals surface area contributed by atoms with E-state index in [4.69, 9.17) is 10.5 Å². The Bertz CT molecular complexity index is 1080. The van der Waals surface area contributed by atoms with Gasteiger partial charge in [0.05, 0.1) is 30.8 Å². The number of ether oxygens (including phenoxy) is 1. The molecule has 2 aliphatic heterocycles. The SMILES string of the molecule is Nc1ccc(-c2cccs2)cc1NC(=O)c1ccc(N2CCCCC2N2CCOCC2)cc1. The lowest BCUT2D eigenvalue weighted by molar-refractivity contribution is 0.0107. The molecule has 3 N–H and O–H groups in total. The van der Waals surface area contributed by atoms with Crippen molar-refractivity contribution in [1.29, 1.82) is 0 Å². The van der Waals surface area contributed by atoms with Crippen molar-refractivity contribution in [3.63, 3.8) is 0 Å². The number of nitrogen functional groups attached to an aromatic ring is 1. The molecule has 3 heterocycles. The second kappa shape index (κ2) is 9.95. The third-order valence-corrected chi connectivity index (χ3v) is 7.43. The molecule has 1 aromatic heterocycles. The van der Waals surface area contributed by atoms with E-state index in [2.05, 4.69) is 33.3 Å². The summed E-state index contributed by atoms with van der Waals surface area (Å²) in [7, 11) is 0. The van der Waals surface area contributed by atoms with Crippen molar-refractivity contribution in [2.45, 2.75) is 25.4 Å². The summed E-state index contributed by atoms with van der Waals surface area (Å²) in [6, 6.07) is 17.8. The van der Waals surface area contributed by atoms with E-state index in [1.165, 1.54) is 24.9 Å². The second-order valence-corrected chi connectivity index (χ2v) is 9.55. The largest absolute Gasteiger partial charge is 0.397 e. The van der Waals surface area contributed by atoms with Gasteiger partial charge in [0.15, 0.2) is 0 Å². The summed E-state index contributed by atoms with van der Waals surface area (Å²) in [5.41, 5.74) is 10.2. The first-order valence-electron chi connectivity index (χ1n) is 11.6. The van der Waals surface area contributed by atoms with Crippen LogP contribution >= 0.6 is 11.3 Å². The lowest BCUT2D eigenvalue weighted by Crippen LogP contribution is -2.54. The molecule has 0 bridgehead atoms. The van der Waals surface area contributed by atoms with Crippen LogP contribution in [0.2, 0.25) is 0 Å². The van der Waals surface area contributed by atoms with Gasteiger partial charge in [0.25, 0.3) is 5.91 Å². The first-order valence-corrected chi connectivity index (χ1v) is 12.5. The molecule has 0 aliphatic carbocycles. The van der Waals surface area contributed by atoms with Crippen LogP contribution in [0.4, 0.5) is 17.1 Å². The number of rotatable bonds is 5. The third kappa shape index (κ3) is 4.90. The molecular weight excluding hydrogens is 432 g/mol. The minimum Gasteiger partial charge on any atom is -0.397 e. The molecule has 7 heteroatoms. The van der Waals surface area contributed by atoms with E-state index >= 15 is 0 Å². The number of thiophene rings is 1. The number of benzene rings is 2. The fourth-order valence-electron chi connectivity index (χ4n) is 4.73. The Kier molecular flexibility index (Phi) is 6.62. The van der Waals surface area contributed by atoms with Crippen molar-refractivity contribution < 1.29 is 9.53 Å². The molecule has 172 valence electrons. The van der Waals surface area contributed by atoms with Crippen LogP contribution in [0.3, 0.4) is 0 Å². The number of morpholine rings is 1. The summed E-state index contributed by atoms with van der Waals surface area (Å²) in [6.07, 6.45) is 4.03. The van der Waals surface area contributed by atoms with Gasteiger partial charge in [-0.2, -0.15) is 0 Å². The molecule has 2 saturated heterocycles. The molecule has 5 rings (SSSR count). The molecule has 33 heavy (non-hydrogen) atoms. The fraction of sp³-hybridized carbons (Fsp3) is 0.346. The summed E-state index contributed by atoms with van der Waals surface area (Å²) < 4.78 is 5.55. The topological polar surface area (TPSA) is 70.8 Å². The van der Waals surface area contributed by atoms with Gasteiger partial charge in [-0.3, -0.25) is 9.69 Å². The molecule has 6 nitrogen and oxygen atoms in total. The fourth-order valence-corrected chi connectivity index (χ4v) is 5.45. The molecule has 2 aliphatic rings. The van der Waals surface area contributed by atoms with Crippen LogP contribution in [-0.4, -0.2) is 49.8 Å². The number of carbonyl (C=O) groups is 1. The van der Waals surface area contributed by atoms with E-state index in [1.54, 1.807) is 11.3 Å². The van der Waals surface area contributed by atoms with Gasteiger partial charge in [-0.1, -0.05) is 12.1 Å². The molecule has 0 saturated carbocycles. The number of nitrogens with two attached hydrogens (primary N) is 1. The predicted molar refractivity (Wildman–Crippen MR) is 136 cm³/mol. The zero-order valence-corrected chi connectivity index (χ0v) is 19.5.